The number of nitrogens with zero attached hydrogens (tertiary/aromatic N) is 3. The fraction of sp³-hybridized carbons (Fsp3) is 0.364. The number of halogens is 1. The number of hydrogen-bond donors (Lipinski definition) is 0. The lowest BCUT2D eigenvalue weighted by Gasteiger charge is -2.22. The fourth-order valence-corrected chi connectivity index (χ4v) is 5.03. The molecule has 0 aliphatic heterocycles. The number of benzene rings is 2. The summed E-state index contributed by atoms with van der Waals surface area (Å²) in [5, 5.41) is 1.71. The third kappa shape index (κ3) is 5.27. The quantitative estimate of drug-likeness (QED) is 0.403. The minimum absolute atomic E-state index is 0.0768. The van der Waals surface area contributed by atoms with E-state index in [1.54, 1.807) is 35.9 Å². The van der Waals surface area contributed by atoms with E-state index in [0.717, 1.165) is 9.60 Å². The number of amides is 1. The van der Waals surface area contributed by atoms with Gasteiger partial charge in [-0.2, -0.15) is 0 Å². The molecule has 0 spiro atoms. The van der Waals surface area contributed by atoms with Gasteiger partial charge in [0.15, 0.2) is 5.13 Å². The molecule has 1 aromatic heterocycles. The van der Waals surface area contributed by atoms with Gasteiger partial charge in [0.25, 0.3) is 5.91 Å². The maximum atomic E-state index is 13.4. The first-order chi connectivity index (χ1) is 14.3. The minimum atomic E-state index is -0.0768. The largest absolute Gasteiger partial charge is 0.494 e. The zero-order chi connectivity index (χ0) is 21.8. The second-order valence-corrected chi connectivity index (χ2v) is 10.4. The van der Waals surface area contributed by atoms with E-state index in [9.17, 15) is 4.79 Å². The number of thioether (sulfide) groups is 1. The van der Waals surface area contributed by atoms with Crippen LogP contribution in [0.5, 0.6) is 5.75 Å². The van der Waals surface area contributed by atoms with Gasteiger partial charge < -0.3 is 9.64 Å². The monoisotopic (exact) mass is 463 g/mol. The normalized spacial score (nSPS) is 11.5. The highest BCUT2D eigenvalue weighted by molar-refractivity contribution is 7.99. The molecule has 3 aromatic rings. The van der Waals surface area contributed by atoms with Crippen LogP contribution in [-0.4, -0.2) is 55.3 Å². The van der Waals surface area contributed by atoms with Crippen LogP contribution in [-0.2, 0) is 0 Å². The maximum Gasteiger partial charge on any atom is 0.260 e. The molecule has 0 bridgehead atoms. The van der Waals surface area contributed by atoms with Gasteiger partial charge in [0.2, 0.25) is 0 Å². The van der Waals surface area contributed by atoms with Crippen molar-refractivity contribution in [1.82, 2.24) is 9.88 Å². The van der Waals surface area contributed by atoms with Crippen LogP contribution in [0, 0.1) is 0 Å². The van der Waals surface area contributed by atoms with Crippen LogP contribution in [0.4, 0.5) is 5.13 Å². The first-order valence-electron chi connectivity index (χ1n) is 9.66. The molecule has 8 heteroatoms. The summed E-state index contributed by atoms with van der Waals surface area (Å²) in [6, 6.07) is 11.4. The minimum Gasteiger partial charge on any atom is -0.494 e. The molecule has 0 aliphatic carbocycles. The van der Waals surface area contributed by atoms with Crippen molar-refractivity contribution < 1.29 is 9.53 Å². The van der Waals surface area contributed by atoms with Gasteiger partial charge in [-0.15, -0.1) is 11.8 Å². The van der Waals surface area contributed by atoms with E-state index in [4.69, 9.17) is 21.3 Å². The molecule has 0 saturated heterocycles. The molecule has 1 heterocycles. The summed E-state index contributed by atoms with van der Waals surface area (Å²) in [5.41, 5.74) is 1.32. The van der Waals surface area contributed by atoms with Crippen molar-refractivity contribution >= 4 is 56.0 Å². The highest BCUT2D eigenvalue weighted by Gasteiger charge is 2.23. The molecule has 2 aromatic carbocycles. The van der Waals surface area contributed by atoms with Crippen molar-refractivity contribution in [1.29, 1.82) is 0 Å². The van der Waals surface area contributed by atoms with Crippen LogP contribution < -0.4 is 9.64 Å². The number of thiazole rings is 1. The molecule has 0 fully saturated rings. The van der Waals surface area contributed by atoms with Crippen LogP contribution in [0.25, 0.3) is 10.2 Å². The smallest absolute Gasteiger partial charge is 0.260 e. The molecule has 160 valence electrons. The Morgan fingerprint density at radius 2 is 1.87 bits per heavy atom. The highest BCUT2D eigenvalue weighted by Crippen LogP contribution is 2.39. The summed E-state index contributed by atoms with van der Waals surface area (Å²) < 4.78 is 6.25. The molecular formula is C22H26ClN3O2S2. The zero-order valence-electron chi connectivity index (χ0n) is 17.8. The van der Waals surface area contributed by atoms with E-state index in [-0.39, 0.29) is 5.91 Å². The Balaban J connectivity index is 1.97. The molecular weight excluding hydrogens is 438 g/mol. The van der Waals surface area contributed by atoms with Gasteiger partial charge in [0.05, 0.1) is 16.8 Å². The fourth-order valence-electron chi connectivity index (χ4n) is 2.91. The Hall–Kier alpha value is -1.80. The van der Waals surface area contributed by atoms with Gasteiger partial charge in [-0.3, -0.25) is 9.69 Å². The predicted molar refractivity (Wildman–Crippen MR) is 129 cm³/mol. The van der Waals surface area contributed by atoms with Gasteiger partial charge in [-0.05, 0) is 50.5 Å². The molecule has 0 saturated carbocycles. The lowest BCUT2D eigenvalue weighted by molar-refractivity contribution is 0.0985. The van der Waals surface area contributed by atoms with Crippen LogP contribution in [0.3, 0.4) is 0 Å². The molecule has 5 nitrogen and oxygen atoms in total. The number of ether oxygens (including phenoxy) is 1. The summed E-state index contributed by atoms with van der Waals surface area (Å²) in [7, 11) is 5.57. The van der Waals surface area contributed by atoms with Gasteiger partial charge in [-0.1, -0.05) is 36.8 Å². The Morgan fingerprint density at radius 3 is 2.47 bits per heavy atom. The molecule has 0 N–H and O–H groups in total. The van der Waals surface area contributed by atoms with Crippen molar-refractivity contribution in [3.63, 3.8) is 0 Å². The molecule has 30 heavy (non-hydrogen) atoms. The number of carbonyl (C=O) groups is 1. The third-order valence-electron chi connectivity index (χ3n) is 4.39. The summed E-state index contributed by atoms with van der Waals surface area (Å²) in [6.45, 7) is 5.54. The van der Waals surface area contributed by atoms with Crippen molar-refractivity contribution in [3.8, 4) is 5.75 Å². The van der Waals surface area contributed by atoms with Crippen LogP contribution in [0.1, 0.15) is 24.2 Å². The van der Waals surface area contributed by atoms with Gasteiger partial charge in [0, 0.05) is 28.8 Å². The van der Waals surface area contributed by atoms with Crippen LogP contribution in [0.2, 0.25) is 5.02 Å². The number of carbonyl (C=O) groups excluding carboxylic acids is 1. The second-order valence-electron chi connectivity index (χ2n) is 7.37. The lowest BCUT2D eigenvalue weighted by Crippen LogP contribution is -2.36. The first kappa shape index (κ1) is 22.9. The second kappa shape index (κ2) is 10.0. The van der Waals surface area contributed by atoms with E-state index >= 15 is 0 Å². The summed E-state index contributed by atoms with van der Waals surface area (Å²) in [6.07, 6.45) is 0. The number of methoxy groups -OCH3 is 1. The summed E-state index contributed by atoms with van der Waals surface area (Å²) in [5.74, 6) is 0.569. The van der Waals surface area contributed by atoms with E-state index in [2.05, 4.69) is 13.8 Å². The number of hydrogen-bond acceptors (Lipinski definition) is 6. The van der Waals surface area contributed by atoms with Gasteiger partial charge >= 0.3 is 0 Å². The third-order valence-corrected chi connectivity index (χ3v) is 6.94. The standard InChI is InChI=1S/C22H26ClN3O2S2/c1-14(2)29-16-8-6-15(7-9-16)21(27)26(13-12-25(3)4)22-24-19-18(28-5)11-10-17(23)20(19)30-22/h6-11,14H,12-13H2,1-5H3. The maximum absolute atomic E-state index is 13.4. The van der Waals surface area contributed by atoms with Crippen molar-refractivity contribution in [2.45, 2.75) is 24.0 Å². The zero-order valence-corrected chi connectivity index (χ0v) is 20.2. The number of likely N-dealkylation sites (N-methyl/N-ethyl adjacent to an activating group) is 1. The molecule has 0 atom stereocenters. The predicted octanol–water partition coefficient (Wildman–Crippen LogP) is 5.67. The van der Waals surface area contributed by atoms with Crippen molar-refractivity contribution in [2.24, 2.45) is 0 Å². The van der Waals surface area contributed by atoms with Crippen molar-refractivity contribution in [3.05, 3.63) is 47.0 Å². The Morgan fingerprint density at radius 1 is 1.17 bits per heavy atom. The molecule has 0 aliphatic rings. The molecule has 1 amide bonds. The van der Waals surface area contributed by atoms with E-state index in [0.29, 0.717) is 45.3 Å². The molecule has 0 radical (unpaired) electrons. The number of rotatable bonds is 8. The Kier molecular flexibility index (Phi) is 7.63. The molecule has 3 rings (SSSR count). The average molecular weight is 464 g/mol. The van der Waals surface area contributed by atoms with E-state index in [1.807, 2.05) is 43.3 Å². The highest BCUT2D eigenvalue weighted by atomic mass is 35.5. The summed E-state index contributed by atoms with van der Waals surface area (Å²) in [4.78, 5) is 23.1. The number of anilines is 1. The Bertz CT molecular complexity index is 1020. The topological polar surface area (TPSA) is 45.7 Å². The summed E-state index contributed by atoms with van der Waals surface area (Å²) >= 11 is 9.57. The average Bonchev–Trinajstić information content (AvgIpc) is 3.14. The number of fused-ring (bicyclic) bond motifs is 1. The van der Waals surface area contributed by atoms with Crippen LogP contribution >= 0.6 is 34.7 Å². The van der Waals surface area contributed by atoms with Crippen LogP contribution in [0.15, 0.2) is 41.3 Å². The molecule has 0 unspecified atom stereocenters. The number of aromatic nitrogens is 1. The Labute approximate surface area is 191 Å². The SMILES string of the molecule is COc1ccc(Cl)c2sc(N(CCN(C)C)C(=O)c3ccc(SC(C)C)cc3)nc12. The van der Waals surface area contributed by atoms with E-state index < -0.39 is 0 Å². The van der Waals surface area contributed by atoms with Crippen molar-refractivity contribution in [2.75, 3.05) is 39.2 Å². The van der Waals surface area contributed by atoms with Gasteiger partial charge in [0.1, 0.15) is 11.3 Å². The lowest BCUT2D eigenvalue weighted by atomic mass is 10.2. The first-order valence-corrected chi connectivity index (χ1v) is 11.7. The van der Waals surface area contributed by atoms with Gasteiger partial charge in [-0.25, -0.2) is 4.98 Å². The van der Waals surface area contributed by atoms with E-state index in [1.165, 1.54) is 11.3 Å².